The zero-order valence-electron chi connectivity index (χ0n) is 20.1. The fourth-order valence-corrected chi connectivity index (χ4v) is 4.75. The molecular formula is C26H38IN5O. The number of halogens is 1. The second-order valence-corrected chi connectivity index (χ2v) is 9.10. The summed E-state index contributed by atoms with van der Waals surface area (Å²) in [4.78, 5) is 11.5. The molecule has 0 radical (unpaired) electrons. The van der Waals surface area contributed by atoms with Crippen molar-refractivity contribution in [1.29, 1.82) is 0 Å². The van der Waals surface area contributed by atoms with Crippen LogP contribution in [0.1, 0.15) is 48.6 Å². The summed E-state index contributed by atoms with van der Waals surface area (Å²) in [5, 5.41) is 7.22. The number of aliphatic imine (C=N–C) groups is 1. The van der Waals surface area contributed by atoms with Crippen LogP contribution in [0, 0.1) is 19.8 Å². The maximum absolute atomic E-state index is 6.18. The normalized spacial score (nSPS) is 21.9. The molecule has 0 bridgehead atoms. The van der Waals surface area contributed by atoms with Crippen LogP contribution in [0.2, 0.25) is 0 Å². The third-order valence-electron chi connectivity index (χ3n) is 6.64. The standard InChI is InChI=1S/C26H37N5O.HI/c1-19-9-11-21(12-10-19)25-22(7-5-17-32-25)18-28-26(27-3)30-23-13-15-31(16-14-23)24-8-4-6-20(2)29-24;/h4,6,8-12,22-23,25H,5,7,13-18H2,1-3H3,(H2,27,28,30);1H. The molecule has 7 heteroatoms. The number of guanidine groups is 1. The van der Waals surface area contributed by atoms with Crippen LogP contribution in [0.4, 0.5) is 5.82 Å². The highest BCUT2D eigenvalue weighted by Crippen LogP contribution is 2.33. The lowest BCUT2D eigenvalue weighted by Gasteiger charge is -2.35. The van der Waals surface area contributed by atoms with Crippen LogP contribution in [0.5, 0.6) is 0 Å². The maximum Gasteiger partial charge on any atom is 0.191 e. The van der Waals surface area contributed by atoms with Gasteiger partial charge in [-0.15, -0.1) is 24.0 Å². The summed E-state index contributed by atoms with van der Waals surface area (Å²) in [5.74, 6) is 2.43. The van der Waals surface area contributed by atoms with Gasteiger partial charge in [0.2, 0.25) is 0 Å². The highest BCUT2D eigenvalue weighted by atomic mass is 127. The zero-order valence-corrected chi connectivity index (χ0v) is 22.4. The number of anilines is 1. The lowest BCUT2D eigenvalue weighted by molar-refractivity contribution is -0.0265. The van der Waals surface area contributed by atoms with Crippen molar-refractivity contribution >= 4 is 35.8 Å². The number of nitrogens with one attached hydrogen (secondary N) is 2. The lowest BCUT2D eigenvalue weighted by Crippen LogP contribution is -2.50. The fourth-order valence-electron chi connectivity index (χ4n) is 4.75. The molecule has 4 rings (SSSR count). The molecule has 2 aromatic rings. The monoisotopic (exact) mass is 563 g/mol. The maximum atomic E-state index is 6.18. The summed E-state index contributed by atoms with van der Waals surface area (Å²) in [5.41, 5.74) is 3.64. The molecule has 0 spiro atoms. The second kappa shape index (κ2) is 12.6. The van der Waals surface area contributed by atoms with Gasteiger partial charge < -0.3 is 20.3 Å². The van der Waals surface area contributed by atoms with Crippen molar-refractivity contribution in [1.82, 2.24) is 15.6 Å². The smallest absolute Gasteiger partial charge is 0.191 e. The second-order valence-electron chi connectivity index (χ2n) is 9.10. The Balaban J connectivity index is 0.00000306. The molecule has 2 aliphatic rings. The summed E-state index contributed by atoms with van der Waals surface area (Å²) < 4.78 is 6.18. The van der Waals surface area contributed by atoms with Crippen LogP contribution in [-0.2, 0) is 4.74 Å². The van der Waals surface area contributed by atoms with Crippen molar-refractivity contribution < 1.29 is 4.74 Å². The van der Waals surface area contributed by atoms with Gasteiger partial charge in [0.25, 0.3) is 0 Å². The average Bonchev–Trinajstić information content (AvgIpc) is 2.83. The molecule has 2 atom stereocenters. The first-order valence-corrected chi connectivity index (χ1v) is 12.0. The Labute approximate surface area is 215 Å². The van der Waals surface area contributed by atoms with Gasteiger partial charge in [-0.3, -0.25) is 4.99 Å². The molecule has 33 heavy (non-hydrogen) atoms. The Kier molecular flexibility index (Phi) is 9.79. The Morgan fingerprint density at radius 2 is 1.85 bits per heavy atom. The van der Waals surface area contributed by atoms with E-state index in [2.05, 4.69) is 68.8 Å². The molecular weight excluding hydrogens is 525 g/mol. The molecule has 180 valence electrons. The average molecular weight is 564 g/mol. The fraction of sp³-hybridized carbons (Fsp3) is 0.538. The van der Waals surface area contributed by atoms with Gasteiger partial charge in [-0.05, 0) is 57.2 Å². The Morgan fingerprint density at radius 3 is 2.55 bits per heavy atom. The van der Waals surface area contributed by atoms with E-state index in [-0.39, 0.29) is 30.1 Å². The number of pyridine rings is 1. The van der Waals surface area contributed by atoms with Crippen LogP contribution in [0.25, 0.3) is 0 Å². The van der Waals surface area contributed by atoms with Gasteiger partial charge in [-0.1, -0.05) is 35.9 Å². The first-order chi connectivity index (χ1) is 15.6. The number of benzene rings is 1. The van der Waals surface area contributed by atoms with Crippen LogP contribution >= 0.6 is 24.0 Å². The Hall–Kier alpha value is -1.87. The predicted octanol–water partition coefficient (Wildman–Crippen LogP) is 4.62. The van der Waals surface area contributed by atoms with E-state index < -0.39 is 0 Å². The number of aryl methyl sites for hydroxylation is 2. The lowest BCUT2D eigenvalue weighted by atomic mass is 9.89. The van der Waals surface area contributed by atoms with E-state index >= 15 is 0 Å². The first-order valence-electron chi connectivity index (χ1n) is 12.0. The van der Waals surface area contributed by atoms with Gasteiger partial charge >= 0.3 is 0 Å². The summed E-state index contributed by atoms with van der Waals surface area (Å²) >= 11 is 0. The van der Waals surface area contributed by atoms with E-state index in [1.165, 1.54) is 17.5 Å². The quantitative estimate of drug-likeness (QED) is 0.316. The highest BCUT2D eigenvalue weighted by Gasteiger charge is 2.28. The number of hydrogen-bond donors (Lipinski definition) is 2. The van der Waals surface area contributed by atoms with Crippen LogP contribution in [-0.4, -0.2) is 50.3 Å². The topological polar surface area (TPSA) is 61.8 Å². The number of piperidine rings is 1. The molecule has 0 amide bonds. The number of hydrogen-bond acceptors (Lipinski definition) is 4. The summed E-state index contributed by atoms with van der Waals surface area (Å²) in [7, 11) is 1.86. The van der Waals surface area contributed by atoms with Crippen LogP contribution < -0.4 is 15.5 Å². The molecule has 1 aromatic heterocycles. The minimum Gasteiger partial charge on any atom is -0.373 e. The molecule has 2 saturated heterocycles. The minimum atomic E-state index is 0. The van der Waals surface area contributed by atoms with E-state index in [0.29, 0.717) is 12.0 Å². The van der Waals surface area contributed by atoms with Gasteiger partial charge in [0.1, 0.15) is 5.82 Å². The molecule has 0 aliphatic carbocycles. The molecule has 0 saturated carbocycles. The van der Waals surface area contributed by atoms with Crippen LogP contribution in [0.15, 0.2) is 47.5 Å². The number of aromatic nitrogens is 1. The molecule has 6 nitrogen and oxygen atoms in total. The van der Waals surface area contributed by atoms with Crippen molar-refractivity contribution in [3.05, 3.63) is 59.3 Å². The summed E-state index contributed by atoms with van der Waals surface area (Å²) in [6.07, 6.45) is 4.60. The molecule has 2 unspecified atom stereocenters. The molecule has 2 N–H and O–H groups in total. The van der Waals surface area contributed by atoms with E-state index in [9.17, 15) is 0 Å². The van der Waals surface area contributed by atoms with Crippen molar-refractivity contribution in [3.63, 3.8) is 0 Å². The first kappa shape index (κ1) is 25.7. The van der Waals surface area contributed by atoms with Gasteiger partial charge in [0, 0.05) is 50.9 Å². The van der Waals surface area contributed by atoms with Crippen molar-refractivity contribution in [2.45, 2.75) is 51.7 Å². The largest absolute Gasteiger partial charge is 0.373 e. The summed E-state index contributed by atoms with van der Waals surface area (Å²) in [6.45, 7) is 7.91. The summed E-state index contributed by atoms with van der Waals surface area (Å²) in [6, 6.07) is 15.5. The van der Waals surface area contributed by atoms with E-state index in [1.807, 2.05) is 20.0 Å². The van der Waals surface area contributed by atoms with Gasteiger partial charge in [0.05, 0.1) is 6.10 Å². The Bertz CT molecular complexity index is 896. The van der Waals surface area contributed by atoms with Gasteiger partial charge in [-0.25, -0.2) is 4.98 Å². The molecule has 2 fully saturated rings. The SMILES string of the molecule is CN=C(NCC1CCCOC1c1ccc(C)cc1)NC1CCN(c2cccc(C)n2)CC1.I. The predicted molar refractivity (Wildman–Crippen MR) is 147 cm³/mol. The van der Waals surface area contributed by atoms with Gasteiger partial charge in [-0.2, -0.15) is 0 Å². The number of ether oxygens (including phenoxy) is 1. The molecule has 3 heterocycles. The minimum absolute atomic E-state index is 0. The highest BCUT2D eigenvalue weighted by molar-refractivity contribution is 14.0. The number of rotatable bonds is 5. The van der Waals surface area contributed by atoms with Crippen molar-refractivity contribution in [3.8, 4) is 0 Å². The Morgan fingerprint density at radius 1 is 1.09 bits per heavy atom. The van der Waals surface area contributed by atoms with E-state index in [4.69, 9.17) is 4.74 Å². The zero-order chi connectivity index (χ0) is 22.3. The number of nitrogens with zero attached hydrogens (tertiary/aromatic N) is 3. The van der Waals surface area contributed by atoms with Crippen molar-refractivity contribution in [2.24, 2.45) is 10.9 Å². The van der Waals surface area contributed by atoms with Gasteiger partial charge in [0.15, 0.2) is 5.96 Å². The van der Waals surface area contributed by atoms with Crippen molar-refractivity contribution in [2.75, 3.05) is 38.2 Å². The van der Waals surface area contributed by atoms with E-state index in [0.717, 1.165) is 63.0 Å². The molecule has 1 aromatic carbocycles. The van der Waals surface area contributed by atoms with Crippen LogP contribution in [0.3, 0.4) is 0 Å². The molecule has 2 aliphatic heterocycles. The third-order valence-corrected chi connectivity index (χ3v) is 6.64. The van der Waals surface area contributed by atoms with E-state index in [1.54, 1.807) is 0 Å². The third kappa shape index (κ3) is 7.06.